The molecule has 0 radical (unpaired) electrons. The molecule has 0 aliphatic carbocycles. The van der Waals surface area contributed by atoms with E-state index in [4.69, 9.17) is 4.74 Å². The molecule has 0 saturated carbocycles. The van der Waals surface area contributed by atoms with Crippen molar-refractivity contribution in [2.45, 2.75) is 85.6 Å². The lowest BCUT2D eigenvalue weighted by Crippen LogP contribution is -3.00. The Balaban J connectivity index is 0.00000625. The largest absolute Gasteiger partial charge is 1.00 e. The molecule has 2 nitrogen and oxygen atoms in total. The Morgan fingerprint density at radius 1 is 0.769 bits per heavy atom. The Kier molecular flexibility index (Phi) is 14.9. The van der Waals surface area contributed by atoms with Crippen molar-refractivity contribution in [3.8, 4) is 5.75 Å². The van der Waals surface area contributed by atoms with Crippen LogP contribution in [-0.2, 0) is 6.54 Å². The minimum Gasteiger partial charge on any atom is -1.00 e. The van der Waals surface area contributed by atoms with Crippen LogP contribution in [0.2, 0.25) is 0 Å². The van der Waals surface area contributed by atoms with Gasteiger partial charge >= 0.3 is 0 Å². The topological polar surface area (TPSA) is 9.23 Å². The molecule has 1 rings (SSSR count). The summed E-state index contributed by atoms with van der Waals surface area (Å²) >= 11 is 0. The van der Waals surface area contributed by atoms with E-state index in [1.165, 1.54) is 74.6 Å². The first-order valence-electron chi connectivity index (χ1n) is 10.8. The van der Waals surface area contributed by atoms with Crippen LogP contribution >= 0.6 is 0 Å². The predicted octanol–water partition coefficient (Wildman–Crippen LogP) is 3.59. The summed E-state index contributed by atoms with van der Waals surface area (Å²) in [6.07, 6.45) is 10.2. The Hall–Kier alpha value is -0.730. The first kappa shape index (κ1) is 25.3. The van der Waals surface area contributed by atoms with E-state index in [1.807, 2.05) is 0 Å². The molecule has 152 valence electrons. The predicted molar refractivity (Wildman–Crippen MR) is 110 cm³/mol. The minimum absolute atomic E-state index is 0. The lowest BCUT2D eigenvalue weighted by molar-refractivity contribution is -0.941. The molecule has 1 aromatic carbocycles. The van der Waals surface area contributed by atoms with Crippen LogP contribution in [0.25, 0.3) is 0 Å². The van der Waals surface area contributed by atoms with E-state index in [0.717, 1.165) is 25.3 Å². The Labute approximate surface area is 169 Å². The maximum atomic E-state index is 5.94. The molecule has 0 aliphatic heterocycles. The molecular formula is C23H42ClNO. The molecule has 0 aromatic heterocycles. The highest BCUT2D eigenvalue weighted by molar-refractivity contribution is 5.28. The molecule has 0 bridgehead atoms. The van der Waals surface area contributed by atoms with E-state index in [2.05, 4.69) is 52.0 Å². The van der Waals surface area contributed by atoms with Crippen molar-refractivity contribution in [2.24, 2.45) is 0 Å². The molecule has 0 amide bonds. The molecule has 0 heterocycles. The maximum Gasteiger partial charge on any atom is 0.119 e. The summed E-state index contributed by atoms with van der Waals surface area (Å²) in [5, 5.41) is 0. The van der Waals surface area contributed by atoms with Crippen LogP contribution in [-0.4, -0.2) is 30.7 Å². The minimum atomic E-state index is 0. The van der Waals surface area contributed by atoms with Crippen LogP contribution in [0.4, 0.5) is 0 Å². The number of rotatable bonds is 15. The summed E-state index contributed by atoms with van der Waals surface area (Å²) in [4.78, 5) is 0. The lowest BCUT2D eigenvalue weighted by atomic mass is 10.1. The van der Waals surface area contributed by atoms with Gasteiger partial charge in [-0.15, -0.1) is 0 Å². The van der Waals surface area contributed by atoms with Gasteiger partial charge in [-0.2, -0.15) is 0 Å². The van der Waals surface area contributed by atoms with E-state index in [1.54, 1.807) is 0 Å². The first-order chi connectivity index (χ1) is 12.2. The van der Waals surface area contributed by atoms with Crippen molar-refractivity contribution < 1.29 is 21.6 Å². The quantitative estimate of drug-likeness (QED) is 0.332. The number of nitrogens with zero attached hydrogens (tertiary/aromatic N) is 1. The highest BCUT2D eigenvalue weighted by Crippen LogP contribution is 2.22. The number of ether oxygens (including phenoxy) is 1. The molecule has 0 N–H and O–H groups in total. The third kappa shape index (κ3) is 9.83. The monoisotopic (exact) mass is 383 g/mol. The van der Waals surface area contributed by atoms with Crippen LogP contribution in [0.1, 0.15) is 84.6 Å². The van der Waals surface area contributed by atoms with Gasteiger partial charge in [0.15, 0.2) is 0 Å². The first-order valence-corrected chi connectivity index (χ1v) is 10.8. The van der Waals surface area contributed by atoms with Gasteiger partial charge in [0.05, 0.1) is 26.2 Å². The van der Waals surface area contributed by atoms with Crippen LogP contribution in [0.5, 0.6) is 5.75 Å². The fourth-order valence-electron chi connectivity index (χ4n) is 3.51. The molecule has 3 heteroatoms. The van der Waals surface area contributed by atoms with E-state index in [9.17, 15) is 0 Å². The average Bonchev–Trinajstić information content (AvgIpc) is 2.63. The fraction of sp³-hybridized carbons (Fsp3) is 0.739. The number of unbranched alkanes of at least 4 members (excludes halogenated alkanes) is 4. The number of benzene rings is 1. The Morgan fingerprint density at radius 3 is 1.81 bits per heavy atom. The normalized spacial score (nSPS) is 11.2. The summed E-state index contributed by atoms with van der Waals surface area (Å²) < 4.78 is 7.20. The van der Waals surface area contributed by atoms with Gasteiger partial charge < -0.3 is 21.6 Å². The van der Waals surface area contributed by atoms with Crippen molar-refractivity contribution in [1.29, 1.82) is 0 Å². The zero-order valence-corrected chi connectivity index (χ0v) is 18.5. The van der Waals surface area contributed by atoms with E-state index in [0.29, 0.717) is 0 Å². The molecule has 0 aliphatic rings. The molecular weight excluding hydrogens is 342 g/mol. The van der Waals surface area contributed by atoms with E-state index >= 15 is 0 Å². The van der Waals surface area contributed by atoms with Crippen molar-refractivity contribution in [1.82, 2.24) is 0 Å². The molecule has 1 aromatic rings. The maximum absolute atomic E-state index is 5.94. The standard InChI is InChI=1S/C23H42NO.ClH/c1-5-9-16-24(17-10-6-2,18-11-7-3)21-22-14-13-15-23(20-22)25-19-12-8-4;/h13-15,20H,5-12,16-19,21H2,1-4H3;1H/q+1;/p-1. The second-order valence-corrected chi connectivity index (χ2v) is 7.58. The van der Waals surface area contributed by atoms with Crippen LogP contribution in [0.3, 0.4) is 0 Å². The van der Waals surface area contributed by atoms with Gasteiger partial charge in [0.1, 0.15) is 12.3 Å². The fourth-order valence-corrected chi connectivity index (χ4v) is 3.51. The van der Waals surface area contributed by atoms with Crippen molar-refractivity contribution in [3.05, 3.63) is 29.8 Å². The van der Waals surface area contributed by atoms with E-state index in [-0.39, 0.29) is 12.4 Å². The zero-order chi connectivity index (χ0) is 18.4. The van der Waals surface area contributed by atoms with Gasteiger partial charge in [-0.05, 0) is 37.8 Å². The Bertz CT molecular complexity index is 428. The summed E-state index contributed by atoms with van der Waals surface area (Å²) in [6, 6.07) is 8.86. The second kappa shape index (κ2) is 15.3. The average molecular weight is 384 g/mol. The smallest absolute Gasteiger partial charge is 0.119 e. The third-order valence-corrected chi connectivity index (χ3v) is 5.14. The Morgan fingerprint density at radius 2 is 1.31 bits per heavy atom. The number of quaternary nitrogens is 1. The number of hydrogen-bond acceptors (Lipinski definition) is 1. The van der Waals surface area contributed by atoms with Crippen LogP contribution in [0, 0.1) is 0 Å². The summed E-state index contributed by atoms with van der Waals surface area (Å²) in [5.74, 6) is 1.05. The summed E-state index contributed by atoms with van der Waals surface area (Å²) in [7, 11) is 0. The molecule has 0 atom stereocenters. The highest BCUT2D eigenvalue weighted by atomic mass is 35.5. The third-order valence-electron chi connectivity index (χ3n) is 5.14. The number of hydrogen-bond donors (Lipinski definition) is 0. The molecule has 0 spiro atoms. The zero-order valence-electron chi connectivity index (χ0n) is 17.7. The molecule has 26 heavy (non-hydrogen) atoms. The van der Waals surface area contributed by atoms with Gasteiger partial charge in [-0.1, -0.05) is 65.5 Å². The highest BCUT2D eigenvalue weighted by Gasteiger charge is 2.26. The van der Waals surface area contributed by atoms with Gasteiger partial charge in [0.25, 0.3) is 0 Å². The second-order valence-electron chi connectivity index (χ2n) is 7.58. The van der Waals surface area contributed by atoms with Gasteiger partial charge in [0, 0.05) is 5.56 Å². The van der Waals surface area contributed by atoms with Crippen molar-refractivity contribution in [2.75, 3.05) is 26.2 Å². The van der Waals surface area contributed by atoms with Crippen molar-refractivity contribution >= 4 is 0 Å². The molecule has 0 fully saturated rings. The van der Waals surface area contributed by atoms with Crippen molar-refractivity contribution in [3.63, 3.8) is 0 Å². The van der Waals surface area contributed by atoms with Gasteiger partial charge in [0.2, 0.25) is 0 Å². The lowest BCUT2D eigenvalue weighted by Gasteiger charge is -2.39. The van der Waals surface area contributed by atoms with Gasteiger partial charge in [-0.25, -0.2) is 0 Å². The number of halogens is 1. The summed E-state index contributed by atoms with van der Waals surface area (Å²) in [5.41, 5.74) is 1.44. The summed E-state index contributed by atoms with van der Waals surface area (Å²) in [6.45, 7) is 15.1. The van der Waals surface area contributed by atoms with Crippen LogP contribution in [0.15, 0.2) is 24.3 Å². The molecule has 0 saturated heterocycles. The van der Waals surface area contributed by atoms with E-state index < -0.39 is 0 Å². The SMILES string of the molecule is CCCCOc1cccc(C[N+](CCCC)(CCCC)CCCC)c1.[Cl-]. The molecule has 0 unspecified atom stereocenters. The van der Waals surface area contributed by atoms with Crippen LogP contribution < -0.4 is 17.1 Å². The van der Waals surface area contributed by atoms with Gasteiger partial charge in [-0.3, -0.25) is 0 Å².